The lowest BCUT2D eigenvalue weighted by atomic mass is 9.43. The molecule has 0 N–H and O–H groups in total. The molecule has 0 unspecified atom stereocenters. The highest BCUT2D eigenvalue weighted by molar-refractivity contribution is 5.90. The molecule has 0 saturated carbocycles. The quantitative estimate of drug-likeness (QED) is 0.145. The van der Waals surface area contributed by atoms with E-state index in [0.29, 0.717) is 17.5 Å². The Kier molecular flexibility index (Phi) is 10.3. The zero-order chi connectivity index (χ0) is 45.3. The van der Waals surface area contributed by atoms with Crippen molar-refractivity contribution in [1.82, 2.24) is 15.0 Å². The molecule has 1 aliphatic carbocycles. The summed E-state index contributed by atoms with van der Waals surface area (Å²) in [4.78, 5) is 15.2. The largest absolute Gasteiger partial charge is 0.208 e. The van der Waals surface area contributed by atoms with Crippen LogP contribution in [0.3, 0.4) is 0 Å². The fourth-order valence-corrected chi connectivity index (χ4v) is 11.0. The zero-order valence-electron chi connectivity index (χ0n) is 37.3. The second kappa shape index (κ2) is 17.2. The standard InChI is InChI=1S/C65H45N3/c1-7-24-46(25-8-1)61-66-62(47-26-9-2-10-27-47)68-63(67-61)57-40-20-19-38-55(57)50-29-23-28-48(44-50)49-42-43-60-58(45-49)56-39-21-22-41-59(56)64(51-30-11-3-12-31-51,52-32-13-4-14-33-52)65(60,53-34-15-5-16-35-53)54-36-17-6-18-37-54/h1-45H. The first-order chi connectivity index (χ1) is 33.7. The van der Waals surface area contributed by atoms with Crippen LogP contribution in [-0.2, 0) is 10.8 Å². The van der Waals surface area contributed by atoms with Gasteiger partial charge in [0.15, 0.2) is 17.5 Å². The summed E-state index contributed by atoms with van der Waals surface area (Å²) in [7, 11) is 0. The Morgan fingerprint density at radius 1 is 0.206 bits per heavy atom. The van der Waals surface area contributed by atoms with Crippen LogP contribution in [0, 0.1) is 0 Å². The molecule has 1 aliphatic rings. The van der Waals surface area contributed by atoms with Gasteiger partial charge in [0.1, 0.15) is 0 Å². The lowest BCUT2D eigenvalue weighted by Gasteiger charge is -2.57. The van der Waals surface area contributed by atoms with E-state index in [-0.39, 0.29) is 0 Å². The predicted octanol–water partition coefficient (Wildman–Crippen LogP) is 15.6. The van der Waals surface area contributed by atoms with Crippen molar-refractivity contribution in [3.63, 3.8) is 0 Å². The lowest BCUT2D eigenvalue weighted by Crippen LogP contribution is -2.54. The predicted molar refractivity (Wildman–Crippen MR) is 278 cm³/mol. The average molecular weight is 868 g/mol. The molecule has 0 fully saturated rings. The smallest absolute Gasteiger partial charge is 0.164 e. The van der Waals surface area contributed by atoms with Gasteiger partial charge in [-0.2, -0.15) is 0 Å². The molecule has 68 heavy (non-hydrogen) atoms. The van der Waals surface area contributed by atoms with Gasteiger partial charge in [-0.05, 0) is 78.9 Å². The Bertz CT molecular complexity index is 3400. The Hall–Kier alpha value is -8.79. The first kappa shape index (κ1) is 40.7. The second-order valence-corrected chi connectivity index (χ2v) is 17.4. The molecule has 320 valence electrons. The van der Waals surface area contributed by atoms with Crippen molar-refractivity contribution >= 4 is 0 Å². The number of hydrogen-bond donors (Lipinski definition) is 0. The molecule has 3 nitrogen and oxygen atoms in total. The minimum absolute atomic E-state index is 0.627. The zero-order valence-corrected chi connectivity index (χ0v) is 37.3. The van der Waals surface area contributed by atoms with E-state index in [9.17, 15) is 0 Å². The summed E-state index contributed by atoms with van der Waals surface area (Å²) < 4.78 is 0. The third kappa shape index (κ3) is 6.62. The van der Waals surface area contributed by atoms with E-state index >= 15 is 0 Å². The van der Waals surface area contributed by atoms with E-state index in [2.05, 4.69) is 212 Å². The third-order valence-corrected chi connectivity index (χ3v) is 13.8. The number of rotatable bonds is 9. The Labute approximate surface area is 397 Å². The van der Waals surface area contributed by atoms with Gasteiger partial charge in [-0.3, -0.25) is 0 Å². The van der Waals surface area contributed by atoms with Gasteiger partial charge in [-0.1, -0.05) is 261 Å². The van der Waals surface area contributed by atoms with Crippen molar-refractivity contribution in [3.05, 3.63) is 306 Å². The topological polar surface area (TPSA) is 38.7 Å². The summed E-state index contributed by atoms with van der Waals surface area (Å²) in [6.07, 6.45) is 0. The molecule has 0 saturated heterocycles. The van der Waals surface area contributed by atoms with Crippen molar-refractivity contribution in [2.75, 3.05) is 0 Å². The van der Waals surface area contributed by atoms with Crippen LogP contribution in [0.4, 0.5) is 0 Å². The molecule has 0 atom stereocenters. The van der Waals surface area contributed by atoms with Crippen LogP contribution in [0.1, 0.15) is 33.4 Å². The molecule has 10 aromatic carbocycles. The molecular formula is C65H45N3. The van der Waals surface area contributed by atoms with Gasteiger partial charge in [0, 0.05) is 16.7 Å². The fraction of sp³-hybridized carbons (Fsp3) is 0.0308. The maximum atomic E-state index is 5.13. The van der Waals surface area contributed by atoms with E-state index in [1.54, 1.807) is 0 Å². The SMILES string of the molecule is c1ccc(-c2nc(-c3ccccc3)nc(-c3ccccc3-c3cccc(-c4ccc5c(c4)-c4ccccc4C(c4ccccc4)(c4ccccc4)C5(c4ccccc4)c4ccccc4)c3)n2)cc1. The van der Waals surface area contributed by atoms with Gasteiger partial charge in [0.2, 0.25) is 0 Å². The summed E-state index contributed by atoms with van der Waals surface area (Å²) in [5.74, 6) is 1.90. The van der Waals surface area contributed by atoms with E-state index in [1.165, 1.54) is 44.5 Å². The normalized spacial score (nSPS) is 13.2. The number of nitrogens with zero attached hydrogens (tertiary/aromatic N) is 3. The van der Waals surface area contributed by atoms with E-state index in [1.807, 2.05) is 60.7 Å². The molecular weight excluding hydrogens is 823 g/mol. The van der Waals surface area contributed by atoms with Gasteiger partial charge in [0.05, 0.1) is 10.8 Å². The molecule has 3 heteroatoms. The Morgan fingerprint density at radius 2 is 0.559 bits per heavy atom. The van der Waals surface area contributed by atoms with Crippen molar-refractivity contribution in [1.29, 1.82) is 0 Å². The highest BCUT2D eigenvalue weighted by atomic mass is 15.0. The molecule has 11 aromatic rings. The maximum Gasteiger partial charge on any atom is 0.164 e. The second-order valence-electron chi connectivity index (χ2n) is 17.4. The lowest BCUT2D eigenvalue weighted by molar-refractivity contribution is 0.415. The van der Waals surface area contributed by atoms with Gasteiger partial charge in [-0.15, -0.1) is 0 Å². The van der Waals surface area contributed by atoms with Crippen LogP contribution in [-0.4, -0.2) is 15.0 Å². The molecule has 0 spiro atoms. The summed E-state index contributed by atoms with van der Waals surface area (Å²) in [6.45, 7) is 0. The summed E-state index contributed by atoms with van der Waals surface area (Å²) in [5, 5.41) is 0. The van der Waals surface area contributed by atoms with Crippen molar-refractivity contribution in [2.24, 2.45) is 0 Å². The highest BCUT2D eigenvalue weighted by Crippen LogP contribution is 2.65. The Balaban J connectivity index is 1.07. The molecule has 0 bridgehead atoms. The average Bonchev–Trinajstić information content (AvgIpc) is 3.44. The van der Waals surface area contributed by atoms with Crippen LogP contribution >= 0.6 is 0 Å². The number of fused-ring (bicyclic) bond motifs is 3. The third-order valence-electron chi connectivity index (χ3n) is 13.8. The van der Waals surface area contributed by atoms with E-state index in [4.69, 9.17) is 15.0 Å². The molecule has 0 radical (unpaired) electrons. The summed E-state index contributed by atoms with van der Waals surface area (Å²) in [6, 6.07) is 98.7. The summed E-state index contributed by atoms with van der Waals surface area (Å²) >= 11 is 0. The van der Waals surface area contributed by atoms with Gasteiger partial charge in [0.25, 0.3) is 0 Å². The highest BCUT2D eigenvalue weighted by Gasteiger charge is 2.61. The van der Waals surface area contributed by atoms with Crippen LogP contribution in [0.2, 0.25) is 0 Å². The van der Waals surface area contributed by atoms with Gasteiger partial charge >= 0.3 is 0 Å². The van der Waals surface area contributed by atoms with Crippen molar-refractivity contribution in [2.45, 2.75) is 10.8 Å². The Morgan fingerprint density at radius 3 is 1.06 bits per heavy atom. The molecule has 1 aromatic heterocycles. The molecule has 12 rings (SSSR count). The maximum absolute atomic E-state index is 5.13. The van der Waals surface area contributed by atoms with Crippen molar-refractivity contribution < 1.29 is 0 Å². The first-order valence-corrected chi connectivity index (χ1v) is 23.3. The fourth-order valence-electron chi connectivity index (χ4n) is 11.0. The minimum Gasteiger partial charge on any atom is -0.208 e. The number of benzene rings is 10. The number of aromatic nitrogens is 3. The van der Waals surface area contributed by atoms with E-state index in [0.717, 1.165) is 38.9 Å². The van der Waals surface area contributed by atoms with Crippen LogP contribution < -0.4 is 0 Å². The monoisotopic (exact) mass is 867 g/mol. The molecule has 0 amide bonds. The van der Waals surface area contributed by atoms with Gasteiger partial charge < -0.3 is 0 Å². The van der Waals surface area contributed by atoms with Crippen molar-refractivity contribution in [3.8, 4) is 67.5 Å². The molecule has 1 heterocycles. The number of hydrogen-bond acceptors (Lipinski definition) is 3. The minimum atomic E-state index is -0.705. The summed E-state index contributed by atoms with van der Waals surface area (Å²) in [5.41, 5.74) is 15.7. The van der Waals surface area contributed by atoms with Crippen LogP contribution in [0.15, 0.2) is 273 Å². The molecule has 0 aliphatic heterocycles. The van der Waals surface area contributed by atoms with Gasteiger partial charge in [-0.25, -0.2) is 15.0 Å². The first-order valence-electron chi connectivity index (χ1n) is 23.3. The van der Waals surface area contributed by atoms with Crippen LogP contribution in [0.5, 0.6) is 0 Å². The van der Waals surface area contributed by atoms with Crippen LogP contribution in [0.25, 0.3) is 67.5 Å². The van der Waals surface area contributed by atoms with E-state index < -0.39 is 10.8 Å².